The van der Waals surface area contributed by atoms with Crippen LogP contribution in [0.25, 0.3) is 0 Å². The molecule has 4 nitrogen and oxygen atoms in total. The van der Waals surface area contributed by atoms with Gasteiger partial charge in [0.15, 0.2) is 0 Å². The van der Waals surface area contributed by atoms with E-state index in [-0.39, 0.29) is 5.97 Å². The first kappa shape index (κ1) is 12.9. The van der Waals surface area contributed by atoms with Crippen LogP contribution in [0.1, 0.15) is 41.8 Å². The molecule has 1 N–H and O–H groups in total. The van der Waals surface area contributed by atoms with Gasteiger partial charge in [0.05, 0.1) is 19.2 Å². The van der Waals surface area contributed by atoms with Crippen molar-refractivity contribution < 1.29 is 13.9 Å². The second-order valence-electron chi connectivity index (χ2n) is 4.47. The van der Waals surface area contributed by atoms with Crippen LogP contribution in [-0.4, -0.2) is 19.6 Å². The van der Waals surface area contributed by atoms with E-state index in [2.05, 4.69) is 16.1 Å². The van der Waals surface area contributed by atoms with E-state index in [4.69, 9.17) is 4.42 Å². The van der Waals surface area contributed by atoms with Gasteiger partial charge in [0.1, 0.15) is 12.0 Å². The molecule has 0 unspecified atom stereocenters. The highest BCUT2D eigenvalue weighted by Gasteiger charge is 2.09. The summed E-state index contributed by atoms with van der Waals surface area (Å²) in [6.07, 6.45) is 8.65. The van der Waals surface area contributed by atoms with Gasteiger partial charge < -0.3 is 14.5 Å². The molecule has 0 saturated carbocycles. The Hall–Kier alpha value is -1.55. The molecule has 0 spiro atoms. The van der Waals surface area contributed by atoms with Crippen molar-refractivity contribution in [2.24, 2.45) is 0 Å². The van der Waals surface area contributed by atoms with Crippen LogP contribution in [0.3, 0.4) is 0 Å². The minimum Gasteiger partial charge on any atom is -0.467 e. The summed E-state index contributed by atoms with van der Waals surface area (Å²) in [5, 5.41) is 3.31. The summed E-state index contributed by atoms with van der Waals surface area (Å²) in [7, 11) is 1.36. The van der Waals surface area contributed by atoms with Crippen molar-refractivity contribution in [3.63, 3.8) is 0 Å². The van der Waals surface area contributed by atoms with Crippen molar-refractivity contribution in [3.8, 4) is 0 Å². The zero-order valence-corrected chi connectivity index (χ0v) is 10.7. The van der Waals surface area contributed by atoms with Crippen molar-refractivity contribution in [1.82, 2.24) is 5.32 Å². The lowest BCUT2D eigenvalue weighted by Crippen LogP contribution is -2.14. The maximum Gasteiger partial charge on any atom is 0.341 e. The first-order valence-electron chi connectivity index (χ1n) is 6.34. The molecule has 0 aromatic carbocycles. The molecule has 4 heteroatoms. The lowest BCUT2D eigenvalue weighted by Gasteiger charge is -2.03. The predicted molar refractivity (Wildman–Crippen MR) is 68.3 cm³/mol. The van der Waals surface area contributed by atoms with Gasteiger partial charge >= 0.3 is 5.97 Å². The Morgan fingerprint density at radius 3 is 3.17 bits per heavy atom. The Bertz CT molecular complexity index is 434. The topological polar surface area (TPSA) is 51.5 Å². The van der Waals surface area contributed by atoms with E-state index in [9.17, 15) is 4.79 Å². The summed E-state index contributed by atoms with van der Waals surface area (Å²) >= 11 is 0. The number of carbonyl (C=O) groups is 1. The predicted octanol–water partition coefficient (Wildman–Crippen LogP) is 2.66. The number of methoxy groups -OCH3 is 1. The van der Waals surface area contributed by atoms with Crippen LogP contribution in [0.15, 0.2) is 28.4 Å². The van der Waals surface area contributed by atoms with Gasteiger partial charge in [-0.25, -0.2) is 4.79 Å². The molecule has 0 fully saturated rings. The third-order valence-electron chi connectivity index (χ3n) is 3.13. The van der Waals surface area contributed by atoms with Crippen LogP contribution in [0.4, 0.5) is 0 Å². The minimum atomic E-state index is -0.360. The first-order valence-corrected chi connectivity index (χ1v) is 6.34. The van der Waals surface area contributed by atoms with Crippen molar-refractivity contribution in [2.45, 2.75) is 32.2 Å². The Kier molecular flexibility index (Phi) is 4.59. The molecule has 1 aliphatic carbocycles. The fourth-order valence-electron chi connectivity index (χ4n) is 2.12. The molecule has 0 atom stereocenters. The Morgan fingerprint density at radius 2 is 2.44 bits per heavy atom. The molecule has 0 bridgehead atoms. The maximum atomic E-state index is 11.2. The molecule has 0 aliphatic heterocycles. The van der Waals surface area contributed by atoms with E-state index >= 15 is 0 Å². The third-order valence-corrected chi connectivity index (χ3v) is 3.13. The van der Waals surface area contributed by atoms with Gasteiger partial charge in [-0.05, 0) is 38.3 Å². The normalized spacial score (nSPS) is 14.6. The molecule has 0 amide bonds. The van der Waals surface area contributed by atoms with Crippen molar-refractivity contribution in [2.75, 3.05) is 13.7 Å². The number of esters is 1. The van der Waals surface area contributed by atoms with E-state index < -0.39 is 0 Å². The van der Waals surface area contributed by atoms with E-state index in [0.717, 1.165) is 18.7 Å². The number of allylic oxidation sites excluding steroid dienone is 1. The van der Waals surface area contributed by atoms with Crippen molar-refractivity contribution in [1.29, 1.82) is 0 Å². The second kappa shape index (κ2) is 6.40. The van der Waals surface area contributed by atoms with Gasteiger partial charge in [-0.15, -0.1) is 0 Å². The quantitative estimate of drug-likeness (QED) is 0.478. The molecule has 1 aromatic heterocycles. The van der Waals surface area contributed by atoms with E-state index in [1.54, 1.807) is 11.6 Å². The molecular weight excluding hydrogens is 230 g/mol. The highest BCUT2D eigenvalue weighted by atomic mass is 16.5. The number of nitrogens with one attached hydrogen (secondary N) is 1. The zero-order valence-electron chi connectivity index (χ0n) is 10.7. The summed E-state index contributed by atoms with van der Waals surface area (Å²) in [5.41, 5.74) is 2.02. The van der Waals surface area contributed by atoms with Gasteiger partial charge in [0.2, 0.25) is 0 Å². The zero-order chi connectivity index (χ0) is 12.8. The molecule has 98 valence electrons. The van der Waals surface area contributed by atoms with Crippen LogP contribution < -0.4 is 5.32 Å². The minimum absolute atomic E-state index is 0.360. The number of hydrogen-bond donors (Lipinski definition) is 1. The van der Waals surface area contributed by atoms with Crippen LogP contribution in [0, 0.1) is 0 Å². The molecule has 1 heterocycles. The molecule has 2 rings (SSSR count). The van der Waals surface area contributed by atoms with Crippen LogP contribution in [-0.2, 0) is 11.3 Å². The smallest absolute Gasteiger partial charge is 0.341 e. The highest BCUT2D eigenvalue weighted by Crippen LogP contribution is 2.19. The Labute approximate surface area is 107 Å². The van der Waals surface area contributed by atoms with Crippen molar-refractivity contribution in [3.05, 3.63) is 35.3 Å². The molecule has 18 heavy (non-hydrogen) atoms. The van der Waals surface area contributed by atoms with Gasteiger partial charge in [-0.3, -0.25) is 0 Å². The molecule has 0 radical (unpaired) electrons. The highest BCUT2D eigenvalue weighted by molar-refractivity contribution is 5.88. The first-order chi connectivity index (χ1) is 8.79. The van der Waals surface area contributed by atoms with Crippen LogP contribution in [0.5, 0.6) is 0 Å². The summed E-state index contributed by atoms with van der Waals surface area (Å²) in [5.74, 6) is 0.400. The monoisotopic (exact) mass is 249 g/mol. The standard InChI is InChI=1S/C14H19NO3/c1-17-14(16)12-8-13(18-10-12)9-15-7-6-11-4-2-3-5-11/h4,8,10,15H,2-3,5-7,9H2,1H3. The number of ether oxygens (including phenoxy) is 1. The van der Waals surface area contributed by atoms with E-state index in [1.165, 1.54) is 32.6 Å². The third kappa shape index (κ3) is 3.47. The van der Waals surface area contributed by atoms with Crippen molar-refractivity contribution >= 4 is 5.97 Å². The summed E-state index contributed by atoms with van der Waals surface area (Å²) < 4.78 is 9.90. The lowest BCUT2D eigenvalue weighted by molar-refractivity contribution is 0.0600. The molecular formula is C14H19NO3. The summed E-state index contributed by atoms with van der Waals surface area (Å²) in [6, 6.07) is 1.72. The van der Waals surface area contributed by atoms with E-state index in [1.807, 2.05) is 0 Å². The lowest BCUT2D eigenvalue weighted by atomic mass is 10.2. The largest absolute Gasteiger partial charge is 0.467 e. The van der Waals surface area contributed by atoms with Crippen LogP contribution >= 0.6 is 0 Å². The number of hydrogen-bond acceptors (Lipinski definition) is 4. The Morgan fingerprint density at radius 1 is 1.56 bits per heavy atom. The Balaban J connectivity index is 1.70. The van der Waals surface area contributed by atoms with Gasteiger partial charge in [-0.2, -0.15) is 0 Å². The summed E-state index contributed by atoms with van der Waals surface area (Å²) in [4.78, 5) is 11.2. The average Bonchev–Trinajstić information content (AvgIpc) is 3.05. The van der Waals surface area contributed by atoms with E-state index in [0.29, 0.717) is 12.1 Å². The average molecular weight is 249 g/mol. The van der Waals surface area contributed by atoms with Gasteiger partial charge in [0.25, 0.3) is 0 Å². The second-order valence-corrected chi connectivity index (χ2v) is 4.47. The molecule has 0 saturated heterocycles. The van der Waals surface area contributed by atoms with Gasteiger partial charge in [0, 0.05) is 0 Å². The fourth-order valence-corrected chi connectivity index (χ4v) is 2.12. The number of furan rings is 1. The number of rotatable bonds is 6. The molecule has 1 aliphatic rings. The molecule has 1 aromatic rings. The maximum absolute atomic E-state index is 11.2. The number of carbonyl (C=O) groups excluding carboxylic acids is 1. The van der Waals surface area contributed by atoms with Gasteiger partial charge in [-0.1, -0.05) is 11.6 Å². The van der Waals surface area contributed by atoms with Crippen LogP contribution in [0.2, 0.25) is 0 Å². The fraction of sp³-hybridized carbons (Fsp3) is 0.500. The SMILES string of the molecule is COC(=O)c1coc(CNCCC2=CCCC2)c1. The summed E-state index contributed by atoms with van der Waals surface area (Å²) in [6.45, 7) is 1.59.